The molecule has 7 heteroatoms. The van der Waals surface area contributed by atoms with Gasteiger partial charge in [-0.25, -0.2) is 0 Å². The van der Waals surface area contributed by atoms with Crippen molar-refractivity contribution in [1.82, 2.24) is 0 Å². The van der Waals surface area contributed by atoms with Gasteiger partial charge in [0.05, 0.1) is 11.6 Å². The highest BCUT2D eigenvalue weighted by molar-refractivity contribution is 8.14. The second kappa shape index (κ2) is 5.72. The second-order valence-electron chi connectivity index (χ2n) is 5.35. The molecule has 1 aromatic rings. The summed E-state index contributed by atoms with van der Waals surface area (Å²) in [6.45, 7) is 0. The topological polar surface area (TPSA) is 24.4 Å². The highest BCUT2D eigenvalue weighted by Gasteiger charge is 2.32. The zero-order chi connectivity index (χ0) is 15.0. The Balaban J connectivity index is 1.80. The summed E-state index contributed by atoms with van der Waals surface area (Å²) in [6, 6.07) is 3.79. The van der Waals surface area contributed by atoms with E-state index in [4.69, 9.17) is 11.6 Å². The monoisotopic (exact) mass is 334 g/mol. The number of thioether (sulfide) groups is 1. The summed E-state index contributed by atoms with van der Waals surface area (Å²) in [4.78, 5) is 4.60. The molecule has 1 aromatic carbocycles. The largest absolute Gasteiger partial charge is 0.416 e. The molecule has 0 spiro atoms. The normalized spacial score (nSPS) is 25.4. The van der Waals surface area contributed by atoms with Crippen LogP contribution in [0.25, 0.3) is 0 Å². The van der Waals surface area contributed by atoms with Crippen molar-refractivity contribution in [1.29, 1.82) is 0 Å². The molecule has 0 bridgehead atoms. The maximum Gasteiger partial charge on any atom is 0.416 e. The minimum Gasteiger partial charge on any atom is -0.335 e. The Bertz CT molecular complexity index is 574. The van der Waals surface area contributed by atoms with Crippen LogP contribution in [0.5, 0.6) is 0 Å². The number of anilines is 1. The lowest BCUT2D eigenvalue weighted by Crippen LogP contribution is -2.25. The third-order valence-corrected chi connectivity index (χ3v) is 5.11. The van der Waals surface area contributed by atoms with Crippen LogP contribution in [0.4, 0.5) is 18.9 Å². The van der Waals surface area contributed by atoms with Crippen LogP contribution in [-0.4, -0.2) is 17.0 Å². The average Bonchev–Trinajstić information content (AvgIpc) is 2.84. The van der Waals surface area contributed by atoms with E-state index in [1.807, 2.05) is 0 Å². The molecule has 0 amide bonds. The number of nitrogens with one attached hydrogen (secondary N) is 1. The summed E-state index contributed by atoms with van der Waals surface area (Å²) < 4.78 is 38.3. The van der Waals surface area contributed by atoms with Crippen LogP contribution in [0.3, 0.4) is 0 Å². The second-order valence-corrected chi connectivity index (χ2v) is 6.80. The zero-order valence-corrected chi connectivity index (χ0v) is 12.7. The van der Waals surface area contributed by atoms with Crippen LogP contribution < -0.4 is 5.32 Å². The summed E-state index contributed by atoms with van der Waals surface area (Å²) in [5, 5.41) is 3.73. The Morgan fingerprint density at radius 2 is 2.05 bits per heavy atom. The van der Waals surface area contributed by atoms with Gasteiger partial charge in [0, 0.05) is 16.5 Å². The van der Waals surface area contributed by atoms with Gasteiger partial charge in [0.15, 0.2) is 5.17 Å². The lowest BCUT2D eigenvalue weighted by Gasteiger charge is -2.23. The van der Waals surface area contributed by atoms with Gasteiger partial charge in [-0.1, -0.05) is 29.8 Å². The van der Waals surface area contributed by atoms with Crippen molar-refractivity contribution in [3.8, 4) is 0 Å². The molecular formula is C14H14ClF3N2S. The number of halogens is 4. The van der Waals surface area contributed by atoms with E-state index in [2.05, 4.69) is 10.3 Å². The van der Waals surface area contributed by atoms with Crippen molar-refractivity contribution < 1.29 is 13.2 Å². The highest BCUT2D eigenvalue weighted by atomic mass is 35.5. The Morgan fingerprint density at radius 3 is 2.81 bits per heavy atom. The molecule has 2 nitrogen and oxygen atoms in total. The molecule has 1 heterocycles. The van der Waals surface area contributed by atoms with Crippen LogP contribution in [-0.2, 0) is 6.18 Å². The molecule has 2 aliphatic rings. The molecule has 0 aromatic heterocycles. The van der Waals surface area contributed by atoms with Crippen LogP contribution in [0.15, 0.2) is 23.2 Å². The summed E-state index contributed by atoms with van der Waals surface area (Å²) in [7, 11) is 0. The molecule has 1 fully saturated rings. The fraction of sp³-hybridized carbons (Fsp3) is 0.500. The fourth-order valence-electron chi connectivity index (χ4n) is 2.77. The van der Waals surface area contributed by atoms with E-state index in [0.29, 0.717) is 22.8 Å². The van der Waals surface area contributed by atoms with Gasteiger partial charge >= 0.3 is 6.18 Å². The van der Waals surface area contributed by atoms with E-state index >= 15 is 0 Å². The van der Waals surface area contributed by atoms with Crippen LogP contribution >= 0.6 is 23.4 Å². The first kappa shape index (κ1) is 15.0. The first-order valence-electron chi connectivity index (χ1n) is 6.77. The number of benzene rings is 1. The van der Waals surface area contributed by atoms with E-state index in [0.717, 1.165) is 24.3 Å². The zero-order valence-electron chi connectivity index (χ0n) is 11.1. The Labute approximate surface area is 130 Å². The number of nitrogens with zero attached hydrogens (tertiary/aromatic N) is 1. The maximum absolute atomic E-state index is 12.8. The molecule has 0 saturated heterocycles. The van der Waals surface area contributed by atoms with Crippen molar-refractivity contribution in [3.63, 3.8) is 0 Å². The van der Waals surface area contributed by atoms with E-state index in [1.54, 1.807) is 11.8 Å². The molecule has 2 atom stereocenters. The molecule has 1 saturated carbocycles. The Morgan fingerprint density at radius 1 is 1.24 bits per heavy atom. The summed E-state index contributed by atoms with van der Waals surface area (Å²) in [5.74, 6) is 1.59. The fourth-order valence-corrected chi connectivity index (χ4v) is 4.17. The van der Waals surface area contributed by atoms with E-state index in [9.17, 15) is 13.2 Å². The smallest absolute Gasteiger partial charge is 0.335 e. The van der Waals surface area contributed by atoms with Gasteiger partial charge in [0.25, 0.3) is 0 Å². The Kier molecular flexibility index (Phi) is 4.10. The van der Waals surface area contributed by atoms with Crippen LogP contribution in [0, 0.1) is 5.92 Å². The van der Waals surface area contributed by atoms with Gasteiger partial charge in [0.2, 0.25) is 0 Å². The summed E-state index contributed by atoms with van der Waals surface area (Å²) in [6.07, 6.45) is -0.953. The van der Waals surface area contributed by atoms with E-state index in [-0.39, 0.29) is 5.02 Å². The third-order valence-electron chi connectivity index (χ3n) is 3.81. The molecule has 1 aliphatic heterocycles. The van der Waals surface area contributed by atoms with E-state index < -0.39 is 11.7 Å². The van der Waals surface area contributed by atoms with Crippen LogP contribution in [0.1, 0.15) is 24.8 Å². The molecule has 21 heavy (non-hydrogen) atoms. The number of hydrogen-bond acceptors (Lipinski definition) is 3. The predicted molar refractivity (Wildman–Crippen MR) is 81.1 cm³/mol. The van der Waals surface area contributed by atoms with Gasteiger partial charge in [-0.2, -0.15) is 13.2 Å². The first-order chi connectivity index (χ1) is 9.91. The standard InChI is InChI=1S/C14H14ClF3N2S/c15-10-4-9(14(16,17)18)5-11(6-10)19-13-20-12-3-1-2-8(12)7-21-13/h4-6,8,12H,1-3,7H2,(H,19,20). The molecule has 1 N–H and O–H groups in total. The van der Waals surface area contributed by atoms with Gasteiger partial charge in [0.1, 0.15) is 0 Å². The van der Waals surface area contributed by atoms with Gasteiger partial charge in [-0.3, -0.25) is 4.99 Å². The number of amidine groups is 1. The average molecular weight is 335 g/mol. The van der Waals surface area contributed by atoms with E-state index in [1.165, 1.54) is 18.9 Å². The number of alkyl halides is 3. The number of hydrogen-bond donors (Lipinski definition) is 1. The van der Waals surface area contributed by atoms with Crippen molar-refractivity contribution in [3.05, 3.63) is 28.8 Å². The molecule has 3 rings (SSSR count). The lowest BCUT2D eigenvalue weighted by molar-refractivity contribution is -0.137. The lowest BCUT2D eigenvalue weighted by atomic mass is 10.1. The van der Waals surface area contributed by atoms with Gasteiger partial charge in [-0.05, 0) is 37.0 Å². The number of aliphatic imine (C=N–C) groups is 1. The minimum absolute atomic E-state index is 0.0625. The molecule has 2 unspecified atom stereocenters. The molecule has 114 valence electrons. The predicted octanol–water partition coefficient (Wildman–Crippen LogP) is 5.04. The van der Waals surface area contributed by atoms with Crippen molar-refractivity contribution in [2.75, 3.05) is 11.1 Å². The van der Waals surface area contributed by atoms with Crippen molar-refractivity contribution in [2.24, 2.45) is 10.9 Å². The number of fused-ring (bicyclic) bond motifs is 1. The highest BCUT2D eigenvalue weighted by Crippen LogP contribution is 2.37. The molecular weight excluding hydrogens is 321 g/mol. The first-order valence-corrected chi connectivity index (χ1v) is 8.13. The minimum atomic E-state index is -4.40. The number of rotatable bonds is 1. The van der Waals surface area contributed by atoms with Crippen molar-refractivity contribution in [2.45, 2.75) is 31.5 Å². The van der Waals surface area contributed by atoms with Crippen LogP contribution in [0.2, 0.25) is 5.02 Å². The quantitative estimate of drug-likeness (QED) is 0.777. The summed E-state index contributed by atoms with van der Waals surface area (Å²) >= 11 is 7.34. The Hall–Kier alpha value is -0.880. The SMILES string of the molecule is FC(F)(F)c1cc(Cl)cc(NC2=NC3CCCC3CS2)c1. The third kappa shape index (κ3) is 3.48. The molecule has 1 aliphatic carbocycles. The van der Waals surface area contributed by atoms with Crippen molar-refractivity contribution >= 4 is 34.2 Å². The molecule has 0 radical (unpaired) electrons. The summed E-state index contributed by atoms with van der Waals surface area (Å²) in [5.41, 5.74) is -0.421. The van der Waals surface area contributed by atoms with Gasteiger partial charge in [-0.15, -0.1) is 0 Å². The maximum atomic E-state index is 12.8. The van der Waals surface area contributed by atoms with Gasteiger partial charge < -0.3 is 5.32 Å².